The van der Waals surface area contributed by atoms with E-state index < -0.39 is 17.4 Å². The van der Waals surface area contributed by atoms with Gasteiger partial charge in [0.15, 0.2) is 0 Å². The molecule has 1 aliphatic rings. The van der Waals surface area contributed by atoms with Crippen LogP contribution in [0.3, 0.4) is 0 Å². The molecule has 166 valence electrons. The van der Waals surface area contributed by atoms with Gasteiger partial charge < -0.3 is 9.47 Å². The minimum atomic E-state index is -0.666. The SMILES string of the molecule is COC(=O)/C=C1\C(=O)Oc2ccc(C(c3ccccc3)(c3ccccc3)c3ccccc3)cc21. The van der Waals surface area contributed by atoms with Crippen LogP contribution in [0.1, 0.15) is 27.8 Å². The highest BCUT2D eigenvalue weighted by Crippen LogP contribution is 2.47. The summed E-state index contributed by atoms with van der Waals surface area (Å²) in [5, 5.41) is 0. The molecule has 0 bridgehead atoms. The summed E-state index contributed by atoms with van der Waals surface area (Å²) in [6.07, 6.45) is 1.19. The third-order valence-electron chi connectivity index (χ3n) is 6.21. The molecule has 0 fully saturated rings. The quantitative estimate of drug-likeness (QED) is 0.175. The molecule has 0 radical (unpaired) electrons. The van der Waals surface area contributed by atoms with E-state index in [2.05, 4.69) is 36.4 Å². The first-order chi connectivity index (χ1) is 16.6. The van der Waals surface area contributed by atoms with Crippen molar-refractivity contribution in [2.45, 2.75) is 5.41 Å². The first-order valence-electron chi connectivity index (χ1n) is 11.0. The lowest BCUT2D eigenvalue weighted by atomic mass is 9.65. The molecule has 0 spiro atoms. The van der Waals surface area contributed by atoms with Crippen LogP contribution in [-0.4, -0.2) is 19.0 Å². The Bertz CT molecular complexity index is 1280. The summed E-state index contributed by atoms with van der Waals surface area (Å²) in [7, 11) is 1.28. The van der Waals surface area contributed by atoms with Crippen LogP contribution < -0.4 is 4.74 Å². The number of carbonyl (C=O) groups excluding carboxylic acids is 2. The topological polar surface area (TPSA) is 52.6 Å². The number of carbonyl (C=O) groups is 2. The van der Waals surface area contributed by atoms with Gasteiger partial charge in [-0.1, -0.05) is 97.1 Å². The van der Waals surface area contributed by atoms with Crippen molar-refractivity contribution in [2.75, 3.05) is 7.11 Å². The van der Waals surface area contributed by atoms with Crippen LogP contribution in [0.25, 0.3) is 5.57 Å². The zero-order chi connectivity index (χ0) is 23.5. The van der Waals surface area contributed by atoms with Gasteiger partial charge in [-0.05, 0) is 34.4 Å². The molecule has 4 aromatic carbocycles. The van der Waals surface area contributed by atoms with Crippen LogP contribution in [0, 0.1) is 0 Å². The molecule has 4 nitrogen and oxygen atoms in total. The standard InChI is InChI=1S/C30H22O4/c1-33-28(31)20-26-25-19-24(17-18-27(25)34-29(26)32)30(21-11-5-2-6-12-21,22-13-7-3-8-14-22)23-15-9-4-10-16-23/h2-20H,1H3/b26-20-. The van der Waals surface area contributed by atoms with Gasteiger partial charge in [0.2, 0.25) is 0 Å². The maximum Gasteiger partial charge on any atom is 0.344 e. The first kappa shape index (κ1) is 21.4. The molecule has 34 heavy (non-hydrogen) atoms. The molecule has 0 aromatic heterocycles. The molecule has 0 aliphatic carbocycles. The number of benzene rings is 4. The average Bonchev–Trinajstić information content (AvgIpc) is 3.20. The predicted molar refractivity (Wildman–Crippen MR) is 130 cm³/mol. The summed E-state index contributed by atoms with van der Waals surface area (Å²) in [6, 6.07) is 36.5. The fourth-order valence-corrected chi connectivity index (χ4v) is 4.71. The van der Waals surface area contributed by atoms with Gasteiger partial charge in [-0.3, -0.25) is 0 Å². The third kappa shape index (κ3) is 3.50. The molecule has 4 aromatic rings. The van der Waals surface area contributed by atoms with E-state index in [1.165, 1.54) is 13.2 Å². The van der Waals surface area contributed by atoms with Gasteiger partial charge in [-0.25, -0.2) is 9.59 Å². The Morgan fingerprint density at radius 1 is 0.735 bits per heavy atom. The van der Waals surface area contributed by atoms with E-state index in [4.69, 9.17) is 9.47 Å². The Morgan fingerprint density at radius 2 is 1.24 bits per heavy atom. The molecule has 0 amide bonds. The number of esters is 2. The van der Waals surface area contributed by atoms with Crippen molar-refractivity contribution in [3.8, 4) is 5.75 Å². The Morgan fingerprint density at radius 3 is 1.71 bits per heavy atom. The first-order valence-corrected chi connectivity index (χ1v) is 11.0. The second-order valence-electron chi connectivity index (χ2n) is 8.03. The Kier molecular flexibility index (Phi) is 5.56. The van der Waals surface area contributed by atoms with Gasteiger partial charge in [0.05, 0.1) is 18.1 Å². The summed E-state index contributed by atoms with van der Waals surface area (Å²) in [5.74, 6) is -0.750. The molecule has 5 rings (SSSR count). The zero-order valence-corrected chi connectivity index (χ0v) is 18.6. The lowest BCUT2D eigenvalue weighted by Gasteiger charge is -2.37. The van der Waals surface area contributed by atoms with Crippen molar-refractivity contribution in [1.29, 1.82) is 0 Å². The van der Waals surface area contributed by atoms with Crippen LogP contribution in [0.2, 0.25) is 0 Å². The molecule has 0 atom stereocenters. The van der Waals surface area contributed by atoms with Crippen molar-refractivity contribution in [2.24, 2.45) is 0 Å². The number of rotatable bonds is 5. The Balaban J connectivity index is 1.84. The summed E-state index contributed by atoms with van der Waals surface area (Å²) in [4.78, 5) is 24.5. The minimum Gasteiger partial charge on any atom is -0.466 e. The number of ether oxygens (including phenoxy) is 2. The fraction of sp³-hybridized carbons (Fsp3) is 0.0667. The second kappa shape index (κ2) is 8.83. The lowest BCUT2D eigenvalue weighted by Crippen LogP contribution is -2.31. The third-order valence-corrected chi connectivity index (χ3v) is 6.21. The largest absolute Gasteiger partial charge is 0.466 e. The van der Waals surface area contributed by atoms with Gasteiger partial charge in [0.25, 0.3) is 0 Å². The van der Waals surface area contributed by atoms with Gasteiger partial charge in [0, 0.05) is 11.6 Å². The second-order valence-corrected chi connectivity index (χ2v) is 8.03. The van der Waals surface area contributed by atoms with Gasteiger partial charge in [0.1, 0.15) is 5.75 Å². The molecule has 1 aliphatic heterocycles. The van der Waals surface area contributed by atoms with E-state index >= 15 is 0 Å². The summed E-state index contributed by atoms with van der Waals surface area (Å²) in [6.45, 7) is 0. The number of fused-ring (bicyclic) bond motifs is 1. The molecule has 4 heteroatoms. The predicted octanol–water partition coefficient (Wildman–Crippen LogP) is 5.54. The normalized spacial score (nSPS) is 13.9. The van der Waals surface area contributed by atoms with Crippen LogP contribution in [0.4, 0.5) is 0 Å². The highest BCUT2D eigenvalue weighted by Gasteiger charge is 2.40. The summed E-state index contributed by atoms with van der Waals surface area (Å²) >= 11 is 0. The lowest BCUT2D eigenvalue weighted by molar-refractivity contribution is -0.135. The maximum atomic E-state index is 12.6. The van der Waals surface area contributed by atoms with Gasteiger partial charge >= 0.3 is 11.9 Å². The van der Waals surface area contributed by atoms with Crippen LogP contribution in [0.15, 0.2) is 115 Å². The minimum absolute atomic E-state index is 0.187. The van der Waals surface area contributed by atoms with Crippen LogP contribution in [0.5, 0.6) is 5.75 Å². The van der Waals surface area contributed by atoms with E-state index in [0.717, 1.165) is 22.3 Å². The van der Waals surface area contributed by atoms with E-state index in [1.807, 2.05) is 66.7 Å². The molecule has 0 unspecified atom stereocenters. The number of hydrogen-bond donors (Lipinski definition) is 0. The van der Waals surface area contributed by atoms with Crippen LogP contribution in [-0.2, 0) is 19.7 Å². The monoisotopic (exact) mass is 446 g/mol. The van der Waals surface area contributed by atoms with E-state index in [0.29, 0.717) is 11.3 Å². The van der Waals surface area contributed by atoms with Crippen molar-refractivity contribution < 1.29 is 19.1 Å². The highest BCUT2D eigenvalue weighted by atomic mass is 16.5. The number of methoxy groups -OCH3 is 1. The Hall–Kier alpha value is -4.44. The highest BCUT2D eigenvalue weighted by molar-refractivity contribution is 6.24. The molecule has 0 saturated carbocycles. The van der Waals surface area contributed by atoms with Crippen molar-refractivity contribution in [3.63, 3.8) is 0 Å². The average molecular weight is 447 g/mol. The van der Waals surface area contributed by atoms with Crippen molar-refractivity contribution in [3.05, 3.63) is 143 Å². The fourth-order valence-electron chi connectivity index (χ4n) is 4.71. The van der Waals surface area contributed by atoms with Crippen molar-refractivity contribution in [1.82, 2.24) is 0 Å². The summed E-state index contributed by atoms with van der Waals surface area (Å²) in [5.41, 5.74) is 4.28. The van der Waals surface area contributed by atoms with E-state index in [1.54, 1.807) is 6.07 Å². The zero-order valence-electron chi connectivity index (χ0n) is 18.6. The molecule has 0 saturated heterocycles. The molecular formula is C30H22O4. The van der Waals surface area contributed by atoms with Crippen molar-refractivity contribution >= 4 is 17.5 Å². The number of hydrogen-bond acceptors (Lipinski definition) is 4. The Labute approximate surface area is 198 Å². The smallest absolute Gasteiger partial charge is 0.344 e. The molecule has 1 heterocycles. The molecule has 0 N–H and O–H groups in total. The van der Waals surface area contributed by atoms with E-state index in [9.17, 15) is 9.59 Å². The molecular weight excluding hydrogens is 424 g/mol. The van der Waals surface area contributed by atoms with Crippen LogP contribution >= 0.6 is 0 Å². The van der Waals surface area contributed by atoms with Gasteiger partial charge in [-0.2, -0.15) is 0 Å². The van der Waals surface area contributed by atoms with E-state index in [-0.39, 0.29) is 5.57 Å². The summed E-state index contributed by atoms with van der Waals surface area (Å²) < 4.78 is 10.2. The maximum absolute atomic E-state index is 12.6. The van der Waals surface area contributed by atoms with Gasteiger partial charge in [-0.15, -0.1) is 0 Å².